The molecule has 1 aromatic carbocycles. The Bertz CT molecular complexity index is 1100. The highest BCUT2D eigenvalue weighted by atomic mass is 32.2. The Kier molecular flexibility index (Phi) is 8.60. The molecule has 15 heteroatoms. The first-order valence-electron chi connectivity index (χ1n) is 10.8. The number of rotatable bonds is 9. The molecule has 1 saturated heterocycles. The van der Waals surface area contributed by atoms with Gasteiger partial charge in [-0.25, -0.2) is 9.75 Å². The maximum atomic E-state index is 14.0. The zero-order chi connectivity index (χ0) is 26.6. The van der Waals surface area contributed by atoms with Gasteiger partial charge in [0.25, 0.3) is 11.8 Å². The minimum atomic E-state index is -4.97. The first kappa shape index (κ1) is 27.4. The van der Waals surface area contributed by atoms with Gasteiger partial charge in [0.1, 0.15) is 6.04 Å². The molecule has 0 aliphatic carbocycles. The summed E-state index contributed by atoms with van der Waals surface area (Å²) < 4.78 is 42.6. The van der Waals surface area contributed by atoms with E-state index in [2.05, 4.69) is 5.10 Å². The van der Waals surface area contributed by atoms with Gasteiger partial charge < -0.3 is 22.1 Å². The molecule has 0 bridgehead atoms. The fourth-order valence-electron chi connectivity index (χ4n) is 3.90. The van der Waals surface area contributed by atoms with Gasteiger partial charge in [0.2, 0.25) is 5.91 Å². The molecule has 3 atom stereocenters. The zero-order valence-corrected chi connectivity index (χ0v) is 19.8. The number of hydroxylamine groups is 2. The summed E-state index contributed by atoms with van der Waals surface area (Å²) in [5.74, 6) is -2.33. The molecule has 1 aliphatic rings. The number of hydrogen-bond acceptors (Lipinski definition) is 8. The lowest BCUT2D eigenvalue weighted by Crippen LogP contribution is -2.49. The monoisotopic (exact) mass is 529 g/mol. The standard InChI is InChI=1S/C21H26F3N7O4S/c22-21(23,24)17-14(9-28-30(17)12-4-2-1-3-5-12)19(33)29-10-13(8-16(29)18(27)32)31(35)20(34)15(26)11-36-7-6-25/h1-5,9,13,15-16,35H,6-8,10-11,25-26H2,(H2,27,32)/t13-,15-,16-/m0/s1. The molecule has 3 rings (SSSR count). The van der Waals surface area contributed by atoms with Crippen molar-refractivity contribution in [1.29, 1.82) is 0 Å². The van der Waals surface area contributed by atoms with Crippen LogP contribution in [-0.2, 0) is 15.8 Å². The molecular formula is C21H26F3N7O4S. The second-order valence-corrected chi connectivity index (χ2v) is 9.22. The first-order valence-corrected chi connectivity index (χ1v) is 12.0. The lowest BCUT2D eigenvalue weighted by molar-refractivity contribution is -0.175. The van der Waals surface area contributed by atoms with Crippen LogP contribution in [0.4, 0.5) is 13.2 Å². The van der Waals surface area contributed by atoms with Crippen molar-refractivity contribution in [3.8, 4) is 5.69 Å². The van der Waals surface area contributed by atoms with E-state index in [9.17, 15) is 32.8 Å². The molecule has 196 valence electrons. The van der Waals surface area contributed by atoms with Crippen LogP contribution in [0.3, 0.4) is 0 Å². The van der Waals surface area contributed by atoms with E-state index in [1.54, 1.807) is 6.07 Å². The largest absolute Gasteiger partial charge is 0.434 e. The molecule has 2 aromatic rings. The molecule has 0 saturated carbocycles. The van der Waals surface area contributed by atoms with Crippen LogP contribution in [0.1, 0.15) is 22.5 Å². The van der Waals surface area contributed by atoms with Crippen molar-refractivity contribution in [2.75, 3.05) is 24.6 Å². The number of hydrogen-bond donors (Lipinski definition) is 4. The fraction of sp³-hybridized carbons (Fsp3) is 0.429. The molecule has 11 nitrogen and oxygen atoms in total. The van der Waals surface area contributed by atoms with Crippen LogP contribution in [0, 0.1) is 0 Å². The number of thioether (sulfide) groups is 1. The maximum Gasteiger partial charge on any atom is 0.434 e. The average molecular weight is 530 g/mol. The van der Waals surface area contributed by atoms with E-state index in [-0.39, 0.29) is 17.9 Å². The van der Waals surface area contributed by atoms with E-state index >= 15 is 0 Å². The molecule has 7 N–H and O–H groups in total. The number of amides is 3. The van der Waals surface area contributed by atoms with Crippen molar-refractivity contribution in [1.82, 2.24) is 19.7 Å². The van der Waals surface area contributed by atoms with Crippen molar-refractivity contribution in [2.45, 2.75) is 30.7 Å². The van der Waals surface area contributed by atoms with Crippen LogP contribution in [0.5, 0.6) is 0 Å². The quantitative estimate of drug-likeness (QED) is 0.202. The van der Waals surface area contributed by atoms with Crippen LogP contribution >= 0.6 is 11.8 Å². The SMILES string of the molecule is NCCSC[C@H](N)C(=O)N(O)[C@H]1C[C@@H](C(N)=O)N(C(=O)c2cnn(-c3ccccc3)c2C(F)(F)F)C1. The minimum Gasteiger partial charge on any atom is -0.368 e. The highest BCUT2D eigenvalue weighted by molar-refractivity contribution is 7.99. The lowest BCUT2D eigenvalue weighted by Gasteiger charge is -2.25. The van der Waals surface area contributed by atoms with E-state index in [0.29, 0.717) is 22.0 Å². The lowest BCUT2D eigenvalue weighted by atomic mass is 10.1. The molecule has 0 radical (unpaired) electrons. The molecule has 1 aromatic heterocycles. The van der Waals surface area contributed by atoms with Crippen LogP contribution in [0.15, 0.2) is 36.5 Å². The number of nitrogens with two attached hydrogens (primary N) is 3. The Labute approximate surface area is 208 Å². The number of halogens is 3. The number of carbonyl (C=O) groups excluding carboxylic acids is 3. The Morgan fingerprint density at radius 1 is 1.25 bits per heavy atom. The van der Waals surface area contributed by atoms with Crippen LogP contribution in [-0.4, -0.2) is 85.4 Å². The Hall–Kier alpha value is -3.14. The molecule has 2 heterocycles. The zero-order valence-electron chi connectivity index (χ0n) is 19.0. The molecule has 1 aliphatic heterocycles. The first-order chi connectivity index (χ1) is 17.0. The average Bonchev–Trinajstić information content (AvgIpc) is 3.49. The topological polar surface area (TPSA) is 174 Å². The van der Waals surface area contributed by atoms with Gasteiger partial charge in [-0.1, -0.05) is 18.2 Å². The van der Waals surface area contributed by atoms with Crippen molar-refractivity contribution in [3.63, 3.8) is 0 Å². The number of para-hydroxylation sites is 1. The molecule has 3 amide bonds. The number of primary amides is 1. The fourth-order valence-corrected chi connectivity index (χ4v) is 4.63. The van der Waals surface area contributed by atoms with Gasteiger partial charge >= 0.3 is 6.18 Å². The molecular weight excluding hydrogens is 503 g/mol. The summed E-state index contributed by atoms with van der Waals surface area (Å²) in [6, 6.07) is 3.84. The van der Waals surface area contributed by atoms with Crippen LogP contribution in [0.2, 0.25) is 0 Å². The predicted molar refractivity (Wildman–Crippen MR) is 124 cm³/mol. The Morgan fingerprint density at radius 2 is 1.92 bits per heavy atom. The number of likely N-dealkylation sites (tertiary alicyclic amines) is 1. The third-order valence-corrected chi connectivity index (χ3v) is 6.70. The summed E-state index contributed by atoms with van der Waals surface area (Å²) in [5.41, 5.74) is 14.5. The highest BCUT2D eigenvalue weighted by Crippen LogP contribution is 2.35. The van der Waals surface area contributed by atoms with Gasteiger partial charge in [0.15, 0.2) is 5.69 Å². The normalized spacial score (nSPS) is 18.8. The van der Waals surface area contributed by atoms with E-state index in [1.807, 2.05) is 0 Å². The van der Waals surface area contributed by atoms with Gasteiger partial charge in [0, 0.05) is 31.0 Å². The van der Waals surface area contributed by atoms with Crippen molar-refractivity contribution >= 4 is 29.5 Å². The van der Waals surface area contributed by atoms with Gasteiger partial charge in [0.05, 0.1) is 29.5 Å². The summed E-state index contributed by atoms with van der Waals surface area (Å²) in [7, 11) is 0. The minimum absolute atomic E-state index is 0.0725. The maximum absolute atomic E-state index is 14.0. The third-order valence-electron chi connectivity index (χ3n) is 5.59. The van der Waals surface area contributed by atoms with E-state index in [4.69, 9.17) is 17.2 Å². The summed E-state index contributed by atoms with van der Waals surface area (Å²) in [6.45, 7) is -0.0691. The van der Waals surface area contributed by atoms with Crippen molar-refractivity contribution < 1.29 is 32.8 Å². The Balaban J connectivity index is 1.88. The van der Waals surface area contributed by atoms with Crippen LogP contribution < -0.4 is 17.2 Å². The second-order valence-electron chi connectivity index (χ2n) is 8.07. The summed E-state index contributed by atoms with van der Waals surface area (Å²) in [5, 5.41) is 14.5. The van der Waals surface area contributed by atoms with Gasteiger partial charge in [-0.3, -0.25) is 19.6 Å². The van der Waals surface area contributed by atoms with Gasteiger partial charge in [-0.2, -0.15) is 30.0 Å². The highest BCUT2D eigenvalue weighted by Gasteiger charge is 2.47. The summed E-state index contributed by atoms with van der Waals surface area (Å²) in [4.78, 5) is 38.6. The molecule has 0 spiro atoms. The van der Waals surface area contributed by atoms with Crippen molar-refractivity contribution in [2.24, 2.45) is 17.2 Å². The summed E-state index contributed by atoms with van der Waals surface area (Å²) >= 11 is 1.30. The van der Waals surface area contributed by atoms with Gasteiger partial charge in [-0.15, -0.1) is 0 Å². The number of aromatic nitrogens is 2. The molecule has 0 unspecified atom stereocenters. The molecule has 1 fully saturated rings. The smallest absolute Gasteiger partial charge is 0.368 e. The van der Waals surface area contributed by atoms with E-state index in [0.717, 1.165) is 11.1 Å². The molecule has 36 heavy (non-hydrogen) atoms. The van der Waals surface area contributed by atoms with Crippen molar-refractivity contribution in [3.05, 3.63) is 47.8 Å². The number of carbonyl (C=O) groups is 3. The number of benzene rings is 1. The number of alkyl halides is 3. The second kappa shape index (κ2) is 11.3. The van der Waals surface area contributed by atoms with Crippen LogP contribution in [0.25, 0.3) is 5.69 Å². The number of nitrogens with zero attached hydrogens (tertiary/aromatic N) is 4. The predicted octanol–water partition coefficient (Wildman–Crippen LogP) is 0.197. The third kappa shape index (κ3) is 5.80. The van der Waals surface area contributed by atoms with Gasteiger partial charge in [-0.05, 0) is 12.1 Å². The Morgan fingerprint density at radius 3 is 2.50 bits per heavy atom. The summed E-state index contributed by atoms with van der Waals surface area (Å²) in [6.07, 6.45) is -4.48. The van der Waals surface area contributed by atoms with E-state index < -0.39 is 59.8 Å². The van der Waals surface area contributed by atoms with E-state index in [1.165, 1.54) is 36.0 Å².